The molecular formula is C17H33N3O. The Kier molecular flexibility index (Phi) is 6.06. The summed E-state index contributed by atoms with van der Waals surface area (Å²) in [7, 11) is 4.33. The fraction of sp³-hybridized carbons (Fsp3) is 0.941. The summed E-state index contributed by atoms with van der Waals surface area (Å²) in [5, 5.41) is 6.60. The lowest BCUT2D eigenvalue weighted by Crippen LogP contribution is -2.55. The monoisotopic (exact) mass is 295 g/mol. The quantitative estimate of drug-likeness (QED) is 0.815. The molecule has 1 amide bonds. The third-order valence-corrected chi connectivity index (χ3v) is 5.56. The van der Waals surface area contributed by atoms with E-state index in [9.17, 15) is 4.79 Å². The number of rotatable bonds is 5. The van der Waals surface area contributed by atoms with Gasteiger partial charge in [0.05, 0.1) is 0 Å². The summed E-state index contributed by atoms with van der Waals surface area (Å²) in [6.45, 7) is 5.29. The van der Waals surface area contributed by atoms with Crippen LogP contribution in [0.25, 0.3) is 0 Å². The molecule has 1 aliphatic carbocycles. The standard InChI is InChI=1S/C17H33N3O/c1-14-5-4-8-17(12-14,20(2)3)13-19-16(21)11-15-6-9-18-10-7-15/h14-15,18H,4-13H2,1-3H3,(H,19,21). The molecule has 0 aromatic rings. The summed E-state index contributed by atoms with van der Waals surface area (Å²) in [5.74, 6) is 1.59. The molecule has 1 aliphatic heterocycles. The fourth-order valence-corrected chi connectivity index (χ4v) is 4.04. The third kappa shape index (κ3) is 4.68. The normalized spacial score (nSPS) is 31.3. The van der Waals surface area contributed by atoms with Gasteiger partial charge in [0.25, 0.3) is 0 Å². The molecule has 4 nitrogen and oxygen atoms in total. The second-order valence-electron chi connectivity index (χ2n) is 7.49. The van der Waals surface area contributed by atoms with E-state index in [0.29, 0.717) is 12.3 Å². The van der Waals surface area contributed by atoms with Crippen LogP contribution >= 0.6 is 0 Å². The highest BCUT2D eigenvalue weighted by atomic mass is 16.1. The average Bonchev–Trinajstić information content (AvgIpc) is 2.46. The predicted molar refractivity (Wildman–Crippen MR) is 87.3 cm³/mol. The van der Waals surface area contributed by atoms with Gasteiger partial charge in [-0.05, 0) is 64.7 Å². The van der Waals surface area contributed by atoms with E-state index < -0.39 is 0 Å². The van der Waals surface area contributed by atoms with Crippen molar-refractivity contribution in [2.45, 2.75) is 57.4 Å². The van der Waals surface area contributed by atoms with Crippen LogP contribution in [0, 0.1) is 11.8 Å². The van der Waals surface area contributed by atoms with E-state index in [1.807, 2.05) is 0 Å². The second kappa shape index (κ2) is 7.59. The number of hydrogen-bond acceptors (Lipinski definition) is 3. The number of carbonyl (C=O) groups is 1. The van der Waals surface area contributed by atoms with E-state index >= 15 is 0 Å². The molecule has 0 aromatic heterocycles. The topological polar surface area (TPSA) is 44.4 Å². The molecule has 2 fully saturated rings. The average molecular weight is 295 g/mol. The van der Waals surface area contributed by atoms with Gasteiger partial charge < -0.3 is 15.5 Å². The highest BCUT2D eigenvalue weighted by Gasteiger charge is 2.37. The van der Waals surface area contributed by atoms with Crippen LogP contribution in [0.15, 0.2) is 0 Å². The number of carbonyl (C=O) groups excluding carboxylic acids is 1. The minimum absolute atomic E-state index is 0.168. The van der Waals surface area contributed by atoms with Crippen LogP contribution in [0.3, 0.4) is 0 Å². The molecule has 2 aliphatic rings. The molecule has 1 saturated carbocycles. The SMILES string of the molecule is CC1CCCC(CNC(=O)CC2CCNCC2)(N(C)C)C1. The zero-order valence-electron chi connectivity index (χ0n) is 14.1. The van der Waals surface area contributed by atoms with Gasteiger partial charge in [-0.1, -0.05) is 19.8 Å². The largest absolute Gasteiger partial charge is 0.354 e. The van der Waals surface area contributed by atoms with Gasteiger partial charge in [0.15, 0.2) is 0 Å². The molecule has 2 N–H and O–H groups in total. The second-order valence-corrected chi connectivity index (χ2v) is 7.49. The van der Waals surface area contributed by atoms with Crippen LogP contribution in [0.5, 0.6) is 0 Å². The molecule has 1 saturated heterocycles. The summed E-state index contributed by atoms with van der Waals surface area (Å²) in [5.41, 5.74) is 0.168. The maximum absolute atomic E-state index is 12.3. The lowest BCUT2D eigenvalue weighted by molar-refractivity contribution is -0.123. The zero-order valence-corrected chi connectivity index (χ0v) is 14.1. The van der Waals surface area contributed by atoms with Crippen molar-refractivity contribution in [3.63, 3.8) is 0 Å². The molecule has 21 heavy (non-hydrogen) atoms. The van der Waals surface area contributed by atoms with Crippen LogP contribution in [-0.2, 0) is 4.79 Å². The molecule has 0 radical (unpaired) electrons. The van der Waals surface area contributed by atoms with Gasteiger partial charge in [-0.2, -0.15) is 0 Å². The van der Waals surface area contributed by atoms with E-state index in [1.165, 1.54) is 25.7 Å². The smallest absolute Gasteiger partial charge is 0.220 e. The van der Waals surface area contributed by atoms with Crippen molar-refractivity contribution in [2.75, 3.05) is 33.7 Å². The Hall–Kier alpha value is -0.610. The molecule has 0 bridgehead atoms. The van der Waals surface area contributed by atoms with Crippen molar-refractivity contribution in [1.82, 2.24) is 15.5 Å². The number of likely N-dealkylation sites (N-methyl/N-ethyl adjacent to an activating group) is 1. The molecule has 0 spiro atoms. The number of hydrogen-bond donors (Lipinski definition) is 2. The molecule has 2 atom stereocenters. The number of nitrogens with zero attached hydrogens (tertiary/aromatic N) is 1. The Bertz CT molecular complexity index is 339. The molecule has 2 unspecified atom stereocenters. The summed E-state index contributed by atoms with van der Waals surface area (Å²) in [6, 6.07) is 0. The molecule has 122 valence electrons. The van der Waals surface area contributed by atoms with Crippen molar-refractivity contribution in [3.05, 3.63) is 0 Å². The van der Waals surface area contributed by atoms with Gasteiger partial charge in [-0.25, -0.2) is 0 Å². The lowest BCUT2D eigenvalue weighted by Gasteiger charge is -2.45. The zero-order chi connectivity index (χ0) is 15.3. The molecule has 0 aromatic carbocycles. The summed E-state index contributed by atoms with van der Waals surface area (Å²) >= 11 is 0. The summed E-state index contributed by atoms with van der Waals surface area (Å²) < 4.78 is 0. The first-order valence-electron chi connectivity index (χ1n) is 8.67. The molecule has 1 heterocycles. The van der Waals surface area contributed by atoms with E-state index in [0.717, 1.165) is 38.4 Å². The Morgan fingerprint density at radius 3 is 2.62 bits per heavy atom. The maximum atomic E-state index is 12.3. The van der Waals surface area contributed by atoms with Crippen molar-refractivity contribution in [2.24, 2.45) is 11.8 Å². The van der Waals surface area contributed by atoms with Crippen LogP contribution < -0.4 is 10.6 Å². The Morgan fingerprint density at radius 2 is 2.00 bits per heavy atom. The summed E-state index contributed by atoms with van der Waals surface area (Å²) in [4.78, 5) is 14.6. The Balaban J connectivity index is 1.82. The van der Waals surface area contributed by atoms with Gasteiger partial charge in [-0.15, -0.1) is 0 Å². The number of nitrogens with one attached hydrogen (secondary N) is 2. The minimum Gasteiger partial charge on any atom is -0.354 e. The van der Waals surface area contributed by atoms with E-state index in [1.54, 1.807) is 0 Å². The predicted octanol–water partition coefficient (Wildman–Crippen LogP) is 2.00. The first kappa shape index (κ1) is 16.8. The number of piperidine rings is 1. The lowest BCUT2D eigenvalue weighted by atomic mass is 9.75. The molecular weight excluding hydrogens is 262 g/mol. The third-order valence-electron chi connectivity index (χ3n) is 5.56. The van der Waals surface area contributed by atoms with Gasteiger partial charge in [0.1, 0.15) is 0 Å². The van der Waals surface area contributed by atoms with Crippen LogP contribution in [-0.4, -0.2) is 50.1 Å². The highest BCUT2D eigenvalue weighted by molar-refractivity contribution is 5.76. The van der Waals surface area contributed by atoms with Gasteiger partial charge in [0.2, 0.25) is 5.91 Å². The van der Waals surface area contributed by atoms with E-state index in [-0.39, 0.29) is 11.4 Å². The van der Waals surface area contributed by atoms with E-state index in [2.05, 4.69) is 36.6 Å². The summed E-state index contributed by atoms with van der Waals surface area (Å²) in [6.07, 6.45) is 8.01. The van der Waals surface area contributed by atoms with Crippen LogP contribution in [0.2, 0.25) is 0 Å². The fourth-order valence-electron chi connectivity index (χ4n) is 4.04. The van der Waals surface area contributed by atoms with Crippen molar-refractivity contribution in [3.8, 4) is 0 Å². The molecule has 4 heteroatoms. The Morgan fingerprint density at radius 1 is 1.29 bits per heavy atom. The van der Waals surface area contributed by atoms with E-state index in [4.69, 9.17) is 0 Å². The first-order valence-corrected chi connectivity index (χ1v) is 8.67. The van der Waals surface area contributed by atoms with Gasteiger partial charge >= 0.3 is 0 Å². The van der Waals surface area contributed by atoms with Crippen molar-refractivity contribution >= 4 is 5.91 Å². The van der Waals surface area contributed by atoms with Crippen LogP contribution in [0.4, 0.5) is 0 Å². The van der Waals surface area contributed by atoms with Gasteiger partial charge in [0, 0.05) is 18.5 Å². The van der Waals surface area contributed by atoms with Gasteiger partial charge in [-0.3, -0.25) is 4.79 Å². The van der Waals surface area contributed by atoms with Crippen molar-refractivity contribution in [1.29, 1.82) is 0 Å². The first-order chi connectivity index (χ1) is 10.0. The molecule has 2 rings (SSSR count). The Labute approximate surface area is 130 Å². The van der Waals surface area contributed by atoms with Crippen LogP contribution in [0.1, 0.15) is 51.9 Å². The minimum atomic E-state index is 0.168. The maximum Gasteiger partial charge on any atom is 0.220 e. The number of amides is 1. The van der Waals surface area contributed by atoms with Crippen molar-refractivity contribution < 1.29 is 4.79 Å². The highest BCUT2D eigenvalue weighted by Crippen LogP contribution is 2.35.